The molecule has 3 atom stereocenters. The highest BCUT2D eigenvalue weighted by molar-refractivity contribution is 8.00. The summed E-state index contributed by atoms with van der Waals surface area (Å²) in [6, 6.07) is 3.32. The van der Waals surface area contributed by atoms with Crippen LogP contribution in [0.15, 0.2) is 35.5 Å². The highest BCUT2D eigenvalue weighted by Crippen LogP contribution is 2.40. The van der Waals surface area contributed by atoms with Gasteiger partial charge in [-0.15, -0.1) is 11.8 Å². The molecule has 0 spiro atoms. The van der Waals surface area contributed by atoms with Crippen LogP contribution >= 0.6 is 11.8 Å². The Morgan fingerprint density at radius 3 is 2.64 bits per heavy atom. The number of β-lactam (4-membered cyclic amide) rings is 1. The van der Waals surface area contributed by atoms with Crippen molar-refractivity contribution in [3.8, 4) is 0 Å². The number of carbonyl (C=O) groups excluding carboxylic acids is 2. The van der Waals surface area contributed by atoms with Crippen LogP contribution in [0.25, 0.3) is 0 Å². The summed E-state index contributed by atoms with van der Waals surface area (Å²) in [5, 5.41) is 11.4. The van der Waals surface area contributed by atoms with E-state index >= 15 is 0 Å². The van der Waals surface area contributed by atoms with Gasteiger partial charge in [0.2, 0.25) is 5.91 Å². The lowest BCUT2D eigenvalue weighted by molar-refractivity contribution is -0.150. The van der Waals surface area contributed by atoms with E-state index in [1.807, 2.05) is 0 Å². The number of fused-ring (bicyclic) bond motifs is 1. The summed E-state index contributed by atoms with van der Waals surface area (Å²) < 4.78 is 12.9. The average Bonchev–Trinajstić information content (AvgIpc) is 2.58. The predicted octanol–water partition coefficient (Wildman–Crippen LogP) is 0.584. The molecule has 2 aliphatic heterocycles. The van der Waals surface area contributed by atoms with Crippen LogP contribution in [-0.4, -0.2) is 45.0 Å². The Kier molecular flexibility index (Phi) is 4.53. The third-order valence-electron chi connectivity index (χ3n) is 4.17. The number of aliphatic carboxylic acids is 1. The number of thioether (sulfide) groups is 1. The number of amides is 2. The molecule has 132 valence electrons. The maximum atomic E-state index is 12.9. The Hall–Kier alpha value is -2.39. The van der Waals surface area contributed by atoms with E-state index in [2.05, 4.69) is 5.32 Å². The van der Waals surface area contributed by atoms with Crippen LogP contribution in [0.3, 0.4) is 0 Å². The van der Waals surface area contributed by atoms with Crippen molar-refractivity contribution < 1.29 is 23.9 Å². The molecule has 0 radical (unpaired) electrons. The zero-order valence-electron chi connectivity index (χ0n) is 13.2. The van der Waals surface area contributed by atoms with Gasteiger partial charge in [0.15, 0.2) is 0 Å². The van der Waals surface area contributed by atoms with Gasteiger partial charge in [-0.05, 0) is 30.2 Å². The van der Waals surface area contributed by atoms with Gasteiger partial charge in [0, 0.05) is 5.75 Å². The van der Waals surface area contributed by atoms with Crippen molar-refractivity contribution in [2.24, 2.45) is 5.73 Å². The Labute approximate surface area is 147 Å². The number of benzene rings is 1. The van der Waals surface area contributed by atoms with E-state index < -0.39 is 41.1 Å². The van der Waals surface area contributed by atoms with E-state index in [4.69, 9.17) is 5.73 Å². The van der Waals surface area contributed by atoms with Crippen molar-refractivity contribution in [2.75, 3.05) is 5.75 Å². The van der Waals surface area contributed by atoms with Gasteiger partial charge in [-0.1, -0.05) is 12.1 Å². The molecular weight excluding hydrogens is 349 g/mol. The van der Waals surface area contributed by atoms with Gasteiger partial charge in [0.1, 0.15) is 29.0 Å². The third kappa shape index (κ3) is 3.00. The van der Waals surface area contributed by atoms with Gasteiger partial charge >= 0.3 is 5.97 Å². The van der Waals surface area contributed by atoms with E-state index in [9.17, 15) is 23.9 Å². The molecule has 1 fully saturated rings. The Morgan fingerprint density at radius 2 is 2.04 bits per heavy atom. The first-order valence-electron chi connectivity index (χ1n) is 7.50. The van der Waals surface area contributed by atoms with Gasteiger partial charge in [-0.25, -0.2) is 9.18 Å². The topological polar surface area (TPSA) is 113 Å². The highest BCUT2D eigenvalue weighted by Gasteiger charge is 2.53. The highest BCUT2D eigenvalue weighted by atomic mass is 32.2. The smallest absolute Gasteiger partial charge is 0.352 e. The van der Waals surface area contributed by atoms with Crippen LogP contribution in [0.2, 0.25) is 0 Å². The van der Waals surface area contributed by atoms with Crippen molar-refractivity contribution >= 4 is 29.5 Å². The lowest BCUT2D eigenvalue weighted by Gasteiger charge is -2.49. The lowest BCUT2D eigenvalue weighted by atomic mass is 10.0. The summed E-state index contributed by atoms with van der Waals surface area (Å²) in [5.74, 6) is -2.19. The number of rotatable bonds is 4. The van der Waals surface area contributed by atoms with Gasteiger partial charge in [-0.2, -0.15) is 0 Å². The molecule has 0 aromatic heterocycles. The number of carboxylic acids is 1. The minimum Gasteiger partial charge on any atom is -0.477 e. The fraction of sp³-hybridized carbons (Fsp3) is 0.312. The monoisotopic (exact) mass is 365 g/mol. The molecule has 2 heterocycles. The minimum atomic E-state index is -1.16. The second kappa shape index (κ2) is 6.49. The molecule has 1 aromatic rings. The number of halogens is 1. The van der Waals surface area contributed by atoms with Crippen LogP contribution in [0.1, 0.15) is 18.5 Å². The molecule has 0 saturated carbocycles. The first-order chi connectivity index (χ1) is 11.8. The molecule has 9 heteroatoms. The number of nitrogens with zero attached hydrogens (tertiary/aromatic N) is 1. The number of carbonyl (C=O) groups is 3. The number of hydrogen-bond acceptors (Lipinski definition) is 5. The summed E-state index contributed by atoms with van der Waals surface area (Å²) >= 11 is 1.38. The normalized spacial score (nSPS) is 23.6. The molecule has 2 amide bonds. The summed E-state index contributed by atoms with van der Waals surface area (Å²) in [6.45, 7) is 1.66. The van der Waals surface area contributed by atoms with Crippen molar-refractivity contribution in [3.05, 3.63) is 46.9 Å². The zero-order valence-corrected chi connectivity index (χ0v) is 14.0. The van der Waals surface area contributed by atoms with Crippen LogP contribution in [0, 0.1) is 5.82 Å². The molecule has 4 N–H and O–H groups in total. The quantitative estimate of drug-likeness (QED) is 0.673. The number of nitrogens with one attached hydrogen (secondary N) is 1. The summed E-state index contributed by atoms with van der Waals surface area (Å²) in [6.07, 6.45) is 0. The fourth-order valence-corrected chi connectivity index (χ4v) is 4.13. The summed E-state index contributed by atoms with van der Waals surface area (Å²) in [5.41, 5.74) is 6.86. The van der Waals surface area contributed by atoms with E-state index in [1.54, 1.807) is 6.92 Å². The molecule has 2 aliphatic rings. The Balaban J connectivity index is 1.71. The van der Waals surface area contributed by atoms with Crippen molar-refractivity contribution in [2.45, 2.75) is 24.4 Å². The average molecular weight is 365 g/mol. The SMILES string of the molecule is CC1=C(C(=O)O)N2C(=O)C(NC(=O)C(N)c3ccc(F)cc3)C2SC1. The number of hydrogen-bond donors (Lipinski definition) is 3. The van der Waals surface area contributed by atoms with Crippen molar-refractivity contribution in [3.63, 3.8) is 0 Å². The summed E-state index contributed by atoms with van der Waals surface area (Å²) in [7, 11) is 0. The van der Waals surface area contributed by atoms with Crippen LogP contribution in [0.4, 0.5) is 4.39 Å². The second-order valence-corrected chi connectivity index (χ2v) is 6.96. The van der Waals surface area contributed by atoms with Crippen LogP contribution in [-0.2, 0) is 14.4 Å². The standard InChI is InChI=1S/C16H16FN3O4S/c1-7-6-25-15-11(14(22)20(15)12(7)16(23)24)19-13(21)10(18)8-2-4-9(17)5-3-8/h2-5,10-11,15H,6,18H2,1H3,(H,19,21)(H,23,24). The Bertz CT molecular complexity index is 780. The maximum absolute atomic E-state index is 12.9. The minimum absolute atomic E-state index is 0.0258. The van der Waals surface area contributed by atoms with E-state index in [0.717, 1.165) is 0 Å². The van der Waals surface area contributed by atoms with Gasteiger partial charge in [0.25, 0.3) is 5.91 Å². The van der Waals surface area contributed by atoms with Gasteiger partial charge in [-0.3, -0.25) is 14.5 Å². The van der Waals surface area contributed by atoms with Crippen molar-refractivity contribution in [1.29, 1.82) is 0 Å². The number of carboxylic acid groups (broad SMARTS) is 1. The van der Waals surface area contributed by atoms with E-state index in [0.29, 0.717) is 16.9 Å². The van der Waals surface area contributed by atoms with E-state index in [1.165, 1.54) is 40.9 Å². The lowest BCUT2D eigenvalue weighted by Crippen LogP contribution is -2.71. The van der Waals surface area contributed by atoms with Crippen LogP contribution < -0.4 is 11.1 Å². The van der Waals surface area contributed by atoms with Gasteiger partial charge < -0.3 is 16.2 Å². The maximum Gasteiger partial charge on any atom is 0.352 e. The largest absolute Gasteiger partial charge is 0.477 e. The molecule has 1 saturated heterocycles. The Morgan fingerprint density at radius 1 is 1.40 bits per heavy atom. The molecule has 1 aromatic carbocycles. The molecule has 3 rings (SSSR count). The predicted molar refractivity (Wildman–Crippen MR) is 88.7 cm³/mol. The first-order valence-corrected chi connectivity index (χ1v) is 8.55. The molecule has 7 nitrogen and oxygen atoms in total. The van der Waals surface area contributed by atoms with E-state index in [-0.39, 0.29) is 5.70 Å². The van der Waals surface area contributed by atoms with Crippen LogP contribution in [0.5, 0.6) is 0 Å². The molecule has 0 bridgehead atoms. The third-order valence-corrected chi connectivity index (χ3v) is 5.59. The molecule has 25 heavy (non-hydrogen) atoms. The second-order valence-electron chi connectivity index (χ2n) is 5.86. The zero-order chi connectivity index (χ0) is 18.3. The molecular formula is C16H16FN3O4S. The van der Waals surface area contributed by atoms with Gasteiger partial charge in [0.05, 0.1) is 0 Å². The fourth-order valence-electron chi connectivity index (χ4n) is 2.84. The number of nitrogens with two attached hydrogens (primary N) is 1. The van der Waals surface area contributed by atoms with Crippen molar-refractivity contribution in [1.82, 2.24) is 10.2 Å². The molecule has 3 unspecified atom stereocenters. The molecule has 0 aliphatic carbocycles. The summed E-state index contributed by atoms with van der Waals surface area (Å²) in [4.78, 5) is 37.1. The first kappa shape index (κ1) is 17.4.